The molecule has 44 valence electrons. The van der Waals surface area contributed by atoms with Crippen LogP contribution in [0.1, 0.15) is 0 Å². The molecule has 0 aliphatic heterocycles. The van der Waals surface area contributed by atoms with E-state index in [4.69, 9.17) is 10.5 Å². The van der Waals surface area contributed by atoms with E-state index in [-0.39, 0.29) is 0 Å². The molecular weight excluding hydrogens is 122 g/mol. The minimum atomic E-state index is 0.793. The summed E-state index contributed by atoms with van der Waals surface area (Å²) in [6.45, 7) is 0. The first-order chi connectivity index (χ1) is 3.83. The lowest BCUT2D eigenvalue weighted by Crippen LogP contribution is -1.78. The summed E-state index contributed by atoms with van der Waals surface area (Å²) in [6, 6.07) is 1.80. The molecule has 1 aromatic rings. The van der Waals surface area contributed by atoms with Crippen molar-refractivity contribution in [3.8, 4) is 5.75 Å². The second kappa shape index (κ2) is 2.05. The Morgan fingerprint density at radius 3 is 2.75 bits per heavy atom. The first kappa shape index (κ1) is 5.44. The molecular formula is C5H7NOS. The summed E-state index contributed by atoms with van der Waals surface area (Å²) < 4.78 is 4.87. The zero-order valence-electron chi connectivity index (χ0n) is 4.55. The fourth-order valence-electron chi connectivity index (χ4n) is 0.441. The summed E-state index contributed by atoms with van der Waals surface area (Å²) in [5, 5.41) is 2.66. The van der Waals surface area contributed by atoms with Crippen LogP contribution in [0.4, 0.5) is 5.00 Å². The monoisotopic (exact) mass is 129 g/mol. The minimum Gasteiger partial charge on any atom is -0.496 e. The van der Waals surface area contributed by atoms with Gasteiger partial charge in [0, 0.05) is 11.4 Å². The van der Waals surface area contributed by atoms with Crippen molar-refractivity contribution in [1.82, 2.24) is 0 Å². The fraction of sp³-hybridized carbons (Fsp3) is 0.200. The van der Waals surface area contributed by atoms with Crippen LogP contribution < -0.4 is 10.5 Å². The van der Waals surface area contributed by atoms with Crippen LogP contribution in [0.25, 0.3) is 0 Å². The number of ether oxygens (including phenoxy) is 1. The molecule has 1 rings (SSSR count). The van der Waals surface area contributed by atoms with Gasteiger partial charge in [-0.25, -0.2) is 0 Å². The van der Waals surface area contributed by atoms with Gasteiger partial charge in [-0.2, -0.15) is 0 Å². The van der Waals surface area contributed by atoms with Crippen LogP contribution in [-0.2, 0) is 0 Å². The van der Waals surface area contributed by atoms with Gasteiger partial charge in [-0.3, -0.25) is 0 Å². The van der Waals surface area contributed by atoms with Gasteiger partial charge in [0.1, 0.15) is 5.75 Å². The highest BCUT2D eigenvalue weighted by Crippen LogP contribution is 2.22. The molecule has 0 saturated carbocycles. The van der Waals surface area contributed by atoms with Gasteiger partial charge in [0.2, 0.25) is 0 Å². The Labute approximate surface area is 51.9 Å². The number of rotatable bonds is 1. The number of nitrogens with two attached hydrogens (primary N) is 1. The van der Waals surface area contributed by atoms with Crippen LogP contribution in [0, 0.1) is 0 Å². The minimum absolute atomic E-state index is 0.793. The van der Waals surface area contributed by atoms with Crippen molar-refractivity contribution >= 4 is 16.3 Å². The molecule has 0 radical (unpaired) electrons. The summed E-state index contributed by atoms with van der Waals surface area (Å²) in [6.07, 6.45) is 0. The van der Waals surface area contributed by atoms with Crippen LogP contribution in [0.2, 0.25) is 0 Å². The molecule has 0 fully saturated rings. The predicted molar refractivity (Wildman–Crippen MR) is 35.3 cm³/mol. The van der Waals surface area contributed by atoms with Crippen molar-refractivity contribution < 1.29 is 4.74 Å². The van der Waals surface area contributed by atoms with Gasteiger partial charge in [-0.15, -0.1) is 11.3 Å². The maximum atomic E-state index is 5.39. The van der Waals surface area contributed by atoms with E-state index in [9.17, 15) is 0 Å². The zero-order valence-corrected chi connectivity index (χ0v) is 5.37. The first-order valence-corrected chi connectivity index (χ1v) is 3.09. The van der Waals surface area contributed by atoms with Crippen LogP contribution >= 0.6 is 11.3 Å². The van der Waals surface area contributed by atoms with E-state index in [1.54, 1.807) is 13.2 Å². The Kier molecular flexibility index (Phi) is 1.39. The molecule has 2 N–H and O–H groups in total. The molecule has 0 atom stereocenters. The van der Waals surface area contributed by atoms with E-state index in [1.165, 1.54) is 11.3 Å². The topological polar surface area (TPSA) is 35.2 Å². The van der Waals surface area contributed by atoms with Gasteiger partial charge in [-0.05, 0) is 0 Å². The summed E-state index contributed by atoms with van der Waals surface area (Å²) >= 11 is 1.48. The lowest BCUT2D eigenvalue weighted by Gasteiger charge is -1.87. The van der Waals surface area contributed by atoms with Crippen LogP contribution in [0.3, 0.4) is 0 Å². The Morgan fingerprint density at radius 1 is 1.75 bits per heavy atom. The molecule has 2 nitrogen and oxygen atoms in total. The Bertz CT molecular complexity index is 173. The van der Waals surface area contributed by atoms with Crippen molar-refractivity contribution in [2.45, 2.75) is 0 Å². The maximum absolute atomic E-state index is 5.39. The van der Waals surface area contributed by atoms with E-state index >= 15 is 0 Å². The molecule has 3 heteroatoms. The van der Waals surface area contributed by atoms with Gasteiger partial charge in [-0.1, -0.05) is 0 Å². The molecule has 8 heavy (non-hydrogen) atoms. The van der Waals surface area contributed by atoms with Crippen LogP contribution in [0.5, 0.6) is 5.75 Å². The highest BCUT2D eigenvalue weighted by Gasteiger charge is 1.91. The van der Waals surface area contributed by atoms with E-state index in [0.29, 0.717) is 0 Å². The number of thiophene rings is 1. The molecule has 0 aliphatic rings. The second-order valence-corrected chi connectivity index (χ2v) is 2.33. The summed E-state index contributed by atoms with van der Waals surface area (Å²) in [4.78, 5) is 0. The van der Waals surface area contributed by atoms with E-state index in [0.717, 1.165) is 10.8 Å². The van der Waals surface area contributed by atoms with Gasteiger partial charge in [0.05, 0.1) is 12.1 Å². The SMILES string of the molecule is COc1csc(N)c1. The molecule has 1 aromatic heterocycles. The molecule has 1 heterocycles. The number of methoxy groups -OCH3 is 1. The average Bonchev–Trinajstić information content (AvgIpc) is 2.14. The van der Waals surface area contributed by atoms with Gasteiger partial charge in [0.15, 0.2) is 0 Å². The van der Waals surface area contributed by atoms with E-state index in [2.05, 4.69) is 0 Å². The Hall–Kier alpha value is -0.700. The first-order valence-electron chi connectivity index (χ1n) is 2.21. The third kappa shape index (κ3) is 0.924. The van der Waals surface area contributed by atoms with E-state index in [1.807, 2.05) is 5.38 Å². The van der Waals surface area contributed by atoms with Crippen LogP contribution in [-0.4, -0.2) is 7.11 Å². The standard InChI is InChI=1S/C5H7NOS/c1-7-4-2-5(6)8-3-4/h2-3H,6H2,1H3. The van der Waals surface area contributed by atoms with Gasteiger partial charge >= 0.3 is 0 Å². The second-order valence-electron chi connectivity index (χ2n) is 1.39. The molecule has 0 saturated heterocycles. The largest absolute Gasteiger partial charge is 0.496 e. The molecule has 0 unspecified atom stereocenters. The summed E-state index contributed by atoms with van der Waals surface area (Å²) in [7, 11) is 1.63. The smallest absolute Gasteiger partial charge is 0.131 e. The Morgan fingerprint density at radius 2 is 2.50 bits per heavy atom. The Balaban J connectivity index is 2.84. The number of anilines is 1. The lowest BCUT2D eigenvalue weighted by atomic mass is 10.6. The molecule has 0 aromatic carbocycles. The average molecular weight is 129 g/mol. The highest BCUT2D eigenvalue weighted by molar-refractivity contribution is 7.14. The molecule has 0 bridgehead atoms. The third-order valence-electron chi connectivity index (χ3n) is 0.831. The van der Waals surface area contributed by atoms with Crippen molar-refractivity contribution in [1.29, 1.82) is 0 Å². The zero-order chi connectivity index (χ0) is 5.98. The summed E-state index contributed by atoms with van der Waals surface area (Å²) in [5.74, 6) is 0.840. The lowest BCUT2D eigenvalue weighted by molar-refractivity contribution is 0.417. The van der Waals surface area contributed by atoms with Gasteiger partial charge in [0.25, 0.3) is 0 Å². The van der Waals surface area contributed by atoms with Crippen molar-refractivity contribution in [3.63, 3.8) is 0 Å². The third-order valence-corrected chi connectivity index (χ3v) is 1.57. The normalized spacial score (nSPS) is 9.12. The fourth-order valence-corrected chi connectivity index (χ4v) is 1.04. The van der Waals surface area contributed by atoms with Gasteiger partial charge < -0.3 is 10.5 Å². The number of hydrogen-bond acceptors (Lipinski definition) is 3. The number of hydrogen-bond donors (Lipinski definition) is 1. The van der Waals surface area contributed by atoms with Crippen LogP contribution in [0.15, 0.2) is 11.4 Å². The molecule has 0 spiro atoms. The maximum Gasteiger partial charge on any atom is 0.131 e. The number of nitrogen functional groups attached to an aromatic ring is 1. The molecule has 0 aliphatic carbocycles. The molecule has 0 amide bonds. The summed E-state index contributed by atoms with van der Waals surface area (Å²) in [5.41, 5.74) is 5.39. The van der Waals surface area contributed by atoms with Crippen molar-refractivity contribution in [3.05, 3.63) is 11.4 Å². The van der Waals surface area contributed by atoms with Crippen molar-refractivity contribution in [2.24, 2.45) is 0 Å². The highest BCUT2D eigenvalue weighted by atomic mass is 32.1. The van der Waals surface area contributed by atoms with Crippen molar-refractivity contribution in [2.75, 3.05) is 12.8 Å². The quantitative estimate of drug-likeness (QED) is 0.621. The van der Waals surface area contributed by atoms with E-state index < -0.39 is 0 Å². The predicted octanol–water partition coefficient (Wildman–Crippen LogP) is 1.34.